The number of hydrogen-bond donors (Lipinski definition) is 1. The topological polar surface area (TPSA) is 32.9 Å². The zero-order valence-electron chi connectivity index (χ0n) is 20.8. The largest absolute Gasteiger partial charge is 0.358 e. The number of nitrogens with one attached hydrogen (secondary N) is 1. The van der Waals surface area contributed by atoms with Crippen LogP contribution in [0.2, 0.25) is 0 Å². The molecule has 0 radical (unpaired) electrons. The van der Waals surface area contributed by atoms with Crippen LogP contribution in [-0.4, -0.2) is 10.8 Å². The number of H-pyrrole nitrogens is 1. The van der Waals surface area contributed by atoms with Crippen molar-refractivity contribution in [3.8, 4) is 0 Å². The number of aromatic amines is 1. The molecule has 3 rings (SSSR count). The highest BCUT2D eigenvalue weighted by Crippen LogP contribution is 2.32. The summed E-state index contributed by atoms with van der Waals surface area (Å²) in [5, 5.41) is 1.43. The molecule has 2 heteroatoms. The first-order valence-electron chi connectivity index (χ1n) is 12.3. The molecular weight excluding hydrogens is 366 g/mol. The van der Waals surface area contributed by atoms with Gasteiger partial charge in [-0.1, -0.05) is 91.3 Å². The predicted octanol–water partition coefficient (Wildman–Crippen LogP) is 8.84. The lowest BCUT2D eigenvalue weighted by Crippen LogP contribution is -2.02. The molecule has 1 aromatic carbocycles. The van der Waals surface area contributed by atoms with Crippen LogP contribution in [0.25, 0.3) is 10.9 Å². The lowest BCUT2D eigenvalue weighted by atomic mass is 9.91. The molecule has 1 aliphatic carbocycles. The zero-order chi connectivity index (χ0) is 22.5. The number of fused-ring (bicyclic) bond motifs is 1. The van der Waals surface area contributed by atoms with E-state index in [9.17, 15) is 4.79 Å². The number of unbranched alkanes of at least 4 members (excludes halogenated alkanes) is 1. The summed E-state index contributed by atoms with van der Waals surface area (Å²) in [6.07, 6.45) is 12.4. The van der Waals surface area contributed by atoms with Crippen LogP contribution in [-0.2, 0) is 11.2 Å². The fourth-order valence-electron chi connectivity index (χ4n) is 4.40. The fourth-order valence-corrected chi connectivity index (χ4v) is 4.40. The first kappa shape index (κ1) is 26.5. The van der Waals surface area contributed by atoms with Crippen LogP contribution < -0.4 is 0 Å². The summed E-state index contributed by atoms with van der Waals surface area (Å²) in [4.78, 5) is 13.1. The van der Waals surface area contributed by atoms with E-state index < -0.39 is 0 Å². The van der Waals surface area contributed by atoms with Crippen molar-refractivity contribution >= 4 is 16.7 Å². The summed E-state index contributed by atoms with van der Waals surface area (Å²) in [7, 11) is 0. The normalized spacial score (nSPS) is 15.2. The van der Waals surface area contributed by atoms with Crippen molar-refractivity contribution in [1.29, 1.82) is 0 Å². The fraction of sp³-hybridized carbons (Fsp3) is 0.679. The van der Waals surface area contributed by atoms with Gasteiger partial charge in [-0.3, -0.25) is 0 Å². The van der Waals surface area contributed by atoms with E-state index >= 15 is 0 Å². The van der Waals surface area contributed by atoms with Crippen molar-refractivity contribution in [2.24, 2.45) is 11.8 Å². The van der Waals surface area contributed by atoms with Gasteiger partial charge < -0.3 is 9.78 Å². The van der Waals surface area contributed by atoms with E-state index in [0.29, 0.717) is 5.92 Å². The van der Waals surface area contributed by atoms with Gasteiger partial charge >= 0.3 is 0 Å². The maximum absolute atomic E-state index is 9.44. The van der Waals surface area contributed by atoms with Crippen LogP contribution in [0.3, 0.4) is 0 Å². The van der Waals surface area contributed by atoms with E-state index in [1.54, 1.807) is 5.56 Å². The van der Waals surface area contributed by atoms with E-state index in [0.717, 1.165) is 11.8 Å². The second kappa shape index (κ2) is 14.4. The Morgan fingerprint density at radius 1 is 1.07 bits per heavy atom. The molecule has 1 atom stereocenters. The Bertz CT molecular complexity index is 717. The van der Waals surface area contributed by atoms with Gasteiger partial charge in [-0.2, -0.15) is 0 Å². The second-order valence-electron chi connectivity index (χ2n) is 9.85. The van der Waals surface area contributed by atoms with Crippen molar-refractivity contribution in [1.82, 2.24) is 4.98 Å². The van der Waals surface area contributed by atoms with E-state index in [1.807, 2.05) is 0 Å². The molecule has 2 aromatic rings. The minimum atomic E-state index is 0.167. The summed E-state index contributed by atoms with van der Waals surface area (Å²) in [5.41, 5.74) is 4.34. The number of aryl methyl sites for hydroxylation is 1. The minimum absolute atomic E-state index is 0.167. The number of carbonyl (C=O) groups excluding carboxylic acids is 1. The van der Waals surface area contributed by atoms with E-state index in [1.165, 1.54) is 88.2 Å². The van der Waals surface area contributed by atoms with E-state index in [4.69, 9.17) is 0 Å². The first-order valence-corrected chi connectivity index (χ1v) is 12.3. The molecule has 1 unspecified atom stereocenters. The molecule has 1 N–H and O–H groups in total. The van der Waals surface area contributed by atoms with Gasteiger partial charge in [0.25, 0.3) is 0 Å². The standard InChI is InChI=1S/C18H27N.C7H14.C3H6O/c1-5-6-9-16-15-10-7-8-11-17(15)19-18(16)14(4)12-13(2)3;1-7-5-3-2-4-6-7;1-3(2)4/h7-8,10-11,13-14,19H,5-6,9,12H2,1-4H3;7H,2-6H2,1H3;1-2H3. The average Bonchev–Trinajstić information content (AvgIpc) is 3.05. The molecular formula is C28H47NO. The number of aromatic nitrogens is 1. The lowest BCUT2D eigenvalue weighted by Gasteiger charge is -2.15. The maximum atomic E-state index is 9.44. The van der Waals surface area contributed by atoms with Crippen molar-refractivity contribution in [3.63, 3.8) is 0 Å². The summed E-state index contributed by atoms with van der Waals surface area (Å²) >= 11 is 0. The quantitative estimate of drug-likeness (QED) is 0.504. The van der Waals surface area contributed by atoms with Crippen molar-refractivity contribution < 1.29 is 4.79 Å². The maximum Gasteiger partial charge on any atom is 0.126 e. The lowest BCUT2D eigenvalue weighted by molar-refractivity contribution is -0.114. The molecule has 0 bridgehead atoms. The van der Waals surface area contributed by atoms with Crippen LogP contribution in [0.5, 0.6) is 0 Å². The summed E-state index contributed by atoms with van der Waals surface area (Å²) in [6, 6.07) is 8.75. The van der Waals surface area contributed by atoms with Gasteiger partial charge in [0.2, 0.25) is 0 Å². The van der Waals surface area contributed by atoms with Gasteiger partial charge in [0.05, 0.1) is 0 Å². The third kappa shape index (κ3) is 9.96. The number of hydrogen-bond acceptors (Lipinski definition) is 1. The molecule has 0 aliphatic heterocycles. The molecule has 0 spiro atoms. The monoisotopic (exact) mass is 413 g/mol. The van der Waals surface area contributed by atoms with Gasteiger partial charge in [0, 0.05) is 16.6 Å². The van der Waals surface area contributed by atoms with Gasteiger partial charge in [-0.25, -0.2) is 0 Å². The van der Waals surface area contributed by atoms with Crippen molar-refractivity contribution in [3.05, 3.63) is 35.5 Å². The summed E-state index contributed by atoms with van der Waals surface area (Å²) in [6.45, 7) is 14.7. The molecule has 1 fully saturated rings. The molecule has 1 aromatic heterocycles. The molecule has 30 heavy (non-hydrogen) atoms. The number of Topliss-reactive ketones (excluding diaryl/α,β-unsaturated/α-hetero) is 1. The van der Waals surface area contributed by atoms with Crippen LogP contribution >= 0.6 is 0 Å². The highest BCUT2D eigenvalue weighted by Gasteiger charge is 2.17. The molecule has 2 nitrogen and oxygen atoms in total. The molecule has 1 aliphatic rings. The predicted molar refractivity (Wildman–Crippen MR) is 133 cm³/mol. The molecule has 1 heterocycles. The number of benzene rings is 1. The molecule has 170 valence electrons. The second-order valence-corrected chi connectivity index (χ2v) is 9.85. The first-order chi connectivity index (χ1) is 14.3. The van der Waals surface area contributed by atoms with Gasteiger partial charge in [-0.05, 0) is 62.5 Å². The SMILES string of the molecule is CC(C)=O.CC1CCCCC1.CCCCc1c(C(C)CC(C)C)[nH]c2ccccc12. The molecule has 0 saturated heterocycles. The smallest absolute Gasteiger partial charge is 0.126 e. The number of ketones is 1. The van der Waals surface area contributed by atoms with Gasteiger partial charge in [0.1, 0.15) is 5.78 Å². The summed E-state index contributed by atoms with van der Waals surface area (Å²) in [5.74, 6) is 2.58. The van der Waals surface area contributed by atoms with Crippen LogP contribution in [0.15, 0.2) is 24.3 Å². The van der Waals surface area contributed by atoms with E-state index in [-0.39, 0.29) is 5.78 Å². The third-order valence-corrected chi connectivity index (χ3v) is 5.84. The van der Waals surface area contributed by atoms with Gasteiger partial charge in [-0.15, -0.1) is 0 Å². The van der Waals surface area contributed by atoms with Crippen molar-refractivity contribution in [2.75, 3.05) is 0 Å². The summed E-state index contributed by atoms with van der Waals surface area (Å²) < 4.78 is 0. The Balaban J connectivity index is 0.000000336. The average molecular weight is 414 g/mol. The van der Waals surface area contributed by atoms with Gasteiger partial charge in [0.15, 0.2) is 0 Å². The zero-order valence-corrected chi connectivity index (χ0v) is 20.8. The Hall–Kier alpha value is -1.57. The number of para-hydroxylation sites is 1. The number of carbonyl (C=O) groups is 1. The highest BCUT2D eigenvalue weighted by atomic mass is 16.1. The van der Waals surface area contributed by atoms with Crippen LogP contribution in [0, 0.1) is 11.8 Å². The Morgan fingerprint density at radius 2 is 1.67 bits per heavy atom. The van der Waals surface area contributed by atoms with Crippen molar-refractivity contribution in [2.45, 2.75) is 112 Å². The molecule has 1 saturated carbocycles. The molecule has 0 amide bonds. The Kier molecular flexibility index (Phi) is 12.7. The Labute approximate surface area is 186 Å². The van der Waals surface area contributed by atoms with Crippen LogP contribution in [0.4, 0.5) is 0 Å². The Morgan fingerprint density at radius 3 is 2.17 bits per heavy atom. The van der Waals surface area contributed by atoms with E-state index in [2.05, 4.69) is 63.9 Å². The minimum Gasteiger partial charge on any atom is -0.358 e. The van der Waals surface area contributed by atoms with Crippen LogP contribution in [0.1, 0.15) is 117 Å². The number of rotatable bonds is 6. The third-order valence-electron chi connectivity index (χ3n) is 5.84. The highest BCUT2D eigenvalue weighted by molar-refractivity contribution is 5.84.